The molecule has 0 radical (unpaired) electrons. The average molecular weight is 273 g/mol. The van der Waals surface area contributed by atoms with E-state index in [-0.39, 0.29) is 5.75 Å². The number of fused-ring (bicyclic) bond motifs is 1. The molecule has 20 heavy (non-hydrogen) atoms. The number of nitrogens with zero attached hydrogens (tertiary/aromatic N) is 3. The predicted octanol–water partition coefficient (Wildman–Crippen LogP) is 1.61. The molecule has 0 spiro atoms. The first-order chi connectivity index (χ1) is 9.56. The molecule has 0 aliphatic carbocycles. The maximum Gasteiger partial charge on any atom is 0.308 e. The average Bonchev–Trinajstić information content (AvgIpc) is 2.84. The quantitative estimate of drug-likeness (QED) is 0.867. The van der Waals surface area contributed by atoms with Gasteiger partial charge >= 0.3 is 5.97 Å². The van der Waals surface area contributed by atoms with E-state index >= 15 is 0 Å². The van der Waals surface area contributed by atoms with Crippen molar-refractivity contribution >= 4 is 5.97 Å². The standard InChI is InChI=1S/C14H15N3O3/c1-8-2-3-9(6-11(8)18)13-16-15-12-5-4-10(14(19)20)7-17(12)13/h2-3,6,10,18H,4-5,7H2,1H3,(H,19,20). The molecule has 0 saturated heterocycles. The number of aliphatic carboxylic acids is 1. The number of phenolic OH excluding ortho intramolecular Hbond substituents is 1. The fraction of sp³-hybridized carbons (Fsp3) is 0.357. The monoisotopic (exact) mass is 273 g/mol. The van der Waals surface area contributed by atoms with Crippen LogP contribution in [0.25, 0.3) is 11.4 Å². The predicted molar refractivity (Wildman–Crippen MR) is 71.3 cm³/mol. The Morgan fingerprint density at radius 1 is 1.40 bits per heavy atom. The number of aromatic nitrogens is 3. The van der Waals surface area contributed by atoms with E-state index in [2.05, 4.69) is 10.2 Å². The van der Waals surface area contributed by atoms with Crippen molar-refractivity contribution in [2.75, 3.05) is 0 Å². The van der Waals surface area contributed by atoms with E-state index in [0.717, 1.165) is 17.0 Å². The highest BCUT2D eigenvalue weighted by Crippen LogP contribution is 2.28. The van der Waals surface area contributed by atoms with Crippen LogP contribution in [0.4, 0.5) is 0 Å². The lowest BCUT2D eigenvalue weighted by Crippen LogP contribution is -2.27. The van der Waals surface area contributed by atoms with Gasteiger partial charge in [0.25, 0.3) is 0 Å². The van der Waals surface area contributed by atoms with Crippen molar-refractivity contribution in [2.45, 2.75) is 26.3 Å². The Balaban J connectivity index is 2.02. The van der Waals surface area contributed by atoms with E-state index in [1.807, 2.05) is 23.6 Å². The highest BCUT2D eigenvalue weighted by molar-refractivity contribution is 5.70. The molecule has 0 bridgehead atoms. The fourth-order valence-electron chi connectivity index (χ4n) is 2.49. The summed E-state index contributed by atoms with van der Waals surface area (Å²) in [5.74, 6) is 0.419. The summed E-state index contributed by atoms with van der Waals surface area (Å²) in [6.45, 7) is 2.19. The summed E-state index contributed by atoms with van der Waals surface area (Å²) in [6, 6.07) is 5.30. The van der Waals surface area contributed by atoms with Crippen LogP contribution in [0, 0.1) is 12.8 Å². The normalized spacial score (nSPS) is 17.8. The Kier molecular flexibility index (Phi) is 2.93. The summed E-state index contributed by atoms with van der Waals surface area (Å²) in [4.78, 5) is 11.1. The van der Waals surface area contributed by atoms with Gasteiger partial charge in [-0.1, -0.05) is 12.1 Å². The largest absolute Gasteiger partial charge is 0.508 e. The minimum Gasteiger partial charge on any atom is -0.508 e. The Bertz CT molecular complexity index is 678. The van der Waals surface area contributed by atoms with E-state index in [4.69, 9.17) is 5.11 Å². The number of phenols is 1. The third-order valence-electron chi connectivity index (χ3n) is 3.76. The van der Waals surface area contributed by atoms with Crippen molar-refractivity contribution in [3.05, 3.63) is 29.6 Å². The second-order valence-corrected chi connectivity index (χ2v) is 5.13. The number of aryl methyl sites for hydroxylation is 2. The van der Waals surface area contributed by atoms with E-state index in [1.165, 1.54) is 0 Å². The molecule has 3 rings (SSSR count). The number of carbonyl (C=O) groups is 1. The van der Waals surface area contributed by atoms with Crippen LogP contribution < -0.4 is 0 Å². The van der Waals surface area contributed by atoms with Crippen molar-refractivity contribution in [2.24, 2.45) is 5.92 Å². The van der Waals surface area contributed by atoms with E-state index in [9.17, 15) is 9.90 Å². The molecule has 2 heterocycles. The van der Waals surface area contributed by atoms with Gasteiger partial charge in [-0.3, -0.25) is 4.79 Å². The third-order valence-corrected chi connectivity index (χ3v) is 3.76. The van der Waals surface area contributed by atoms with Gasteiger partial charge in [-0.25, -0.2) is 0 Å². The molecule has 1 aliphatic rings. The molecule has 1 aromatic carbocycles. The molecule has 0 amide bonds. The fourth-order valence-corrected chi connectivity index (χ4v) is 2.49. The van der Waals surface area contributed by atoms with Crippen LogP contribution in [0.5, 0.6) is 5.75 Å². The number of hydrogen-bond acceptors (Lipinski definition) is 4. The van der Waals surface area contributed by atoms with Crippen LogP contribution in [0.15, 0.2) is 18.2 Å². The summed E-state index contributed by atoms with van der Waals surface area (Å²) in [7, 11) is 0. The molecular weight excluding hydrogens is 258 g/mol. The molecular formula is C14H15N3O3. The number of carboxylic acids is 1. The van der Waals surface area contributed by atoms with Crippen molar-refractivity contribution in [3.8, 4) is 17.1 Å². The number of benzene rings is 1. The zero-order chi connectivity index (χ0) is 14.3. The molecule has 1 aliphatic heterocycles. The van der Waals surface area contributed by atoms with Gasteiger partial charge in [0.15, 0.2) is 5.82 Å². The highest BCUT2D eigenvalue weighted by Gasteiger charge is 2.27. The summed E-state index contributed by atoms with van der Waals surface area (Å²) in [5.41, 5.74) is 1.54. The minimum absolute atomic E-state index is 0.199. The van der Waals surface area contributed by atoms with Crippen LogP contribution >= 0.6 is 0 Å². The summed E-state index contributed by atoms with van der Waals surface area (Å²) in [5, 5.41) is 27.2. The van der Waals surface area contributed by atoms with Crippen LogP contribution in [0.1, 0.15) is 17.8 Å². The Hall–Kier alpha value is -2.37. The molecule has 6 heteroatoms. The smallest absolute Gasteiger partial charge is 0.308 e. The first-order valence-corrected chi connectivity index (χ1v) is 6.51. The van der Waals surface area contributed by atoms with Gasteiger partial charge in [-0.2, -0.15) is 0 Å². The van der Waals surface area contributed by atoms with Gasteiger partial charge in [0, 0.05) is 18.5 Å². The second-order valence-electron chi connectivity index (χ2n) is 5.13. The van der Waals surface area contributed by atoms with Crippen LogP contribution in [0.3, 0.4) is 0 Å². The van der Waals surface area contributed by atoms with E-state index in [0.29, 0.717) is 25.2 Å². The number of rotatable bonds is 2. The zero-order valence-corrected chi connectivity index (χ0v) is 11.1. The molecule has 1 unspecified atom stereocenters. The van der Waals surface area contributed by atoms with Crippen LogP contribution in [0.2, 0.25) is 0 Å². The minimum atomic E-state index is -0.790. The molecule has 0 fully saturated rings. The molecule has 104 valence electrons. The highest BCUT2D eigenvalue weighted by atomic mass is 16.4. The van der Waals surface area contributed by atoms with Gasteiger partial charge in [0.2, 0.25) is 0 Å². The first kappa shape index (κ1) is 12.7. The SMILES string of the molecule is Cc1ccc(-c2nnc3n2CC(C(=O)O)CC3)cc1O. The summed E-state index contributed by atoms with van der Waals surface area (Å²) in [6.07, 6.45) is 1.20. The number of aromatic hydroxyl groups is 1. The number of carboxylic acid groups (broad SMARTS) is 1. The van der Waals surface area contributed by atoms with Crippen LogP contribution in [-0.4, -0.2) is 30.9 Å². The Morgan fingerprint density at radius 3 is 2.90 bits per heavy atom. The molecule has 1 aromatic heterocycles. The molecule has 1 atom stereocenters. The molecule has 2 aromatic rings. The van der Waals surface area contributed by atoms with Gasteiger partial charge in [0.05, 0.1) is 5.92 Å². The Labute approximate surface area is 115 Å². The zero-order valence-electron chi connectivity index (χ0n) is 11.1. The summed E-state index contributed by atoms with van der Waals surface area (Å²) >= 11 is 0. The first-order valence-electron chi connectivity index (χ1n) is 6.51. The van der Waals surface area contributed by atoms with Gasteiger partial charge < -0.3 is 14.8 Å². The van der Waals surface area contributed by atoms with Gasteiger partial charge in [-0.05, 0) is 25.0 Å². The molecule has 6 nitrogen and oxygen atoms in total. The van der Waals surface area contributed by atoms with Crippen molar-refractivity contribution in [1.29, 1.82) is 0 Å². The number of hydrogen-bond donors (Lipinski definition) is 2. The summed E-state index contributed by atoms with van der Waals surface area (Å²) < 4.78 is 1.84. The maximum absolute atomic E-state index is 11.1. The van der Waals surface area contributed by atoms with Crippen molar-refractivity contribution in [1.82, 2.24) is 14.8 Å². The van der Waals surface area contributed by atoms with Crippen molar-refractivity contribution < 1.29 is 15.0 Å². The van der Waals surface area contributed by atoms with E-state index in [1.54, 1.807) is 6.07 Å². The third kappa shape index (κ3) is 2.03. The lowest BCUT2D eigenvalue weighted by molar-refractivity contribution is -0.142. The lowest BCUT2D eigenvalue weighted by Gasteiger charge is -2.21. The second kappa shape index (κ2) is 4.63. The lowest BCUT2D eigenvalue weighted by atomic mass is 9.99. The van der Waals surface area contributed by atoms with Crippen LogP contribution in [-0.2, 0) is 17.8 Å². The van der Waals surface area contributed by atoms with Gasteiger partial charge in [0.1, 0.15) is 11.6 Å². The topological polar surface area (TPSA) is 88.2 Å². The van der Waals surface area contributed by atoms with E-state index < -0.39 is 11.9 Å². The maximum atomic E-state index is 11.1. The molecule has 0 saturated carbocycles. The molecule has 2 N–H and O–H groups in total. The van der Waals surface area contributed by atoms with Gasteiger partial charge in [-0.15, -0.1) is 10.2 Å². The van der Waals surface area contributed by atoms with Crippen molar-refractivity contribution in [3.63, 3.8) is 0 Å². The Morgan fingerprint density at radius 2 is 2.20 bits per heavy atom.